The second-order valence-corrected chi connectivity index (χ2v) is 10.6. The van der Waals surface area contributed by atoms with E-state index in [1.165, 1.54) is 6.20 Å². The zero-order valence-corrected chi connectivity index (χ0v) is 21.9. The van der Waals surface area contributed by atoms with Gasteiger partial charge < -0.3 is 21.3 Å². The average molecular weight is 519 g/mol. The zero-order chi connectivity index (χ0) is 27.1. The van der Waals surface area contributed by atoms with Crippen LogP contribution in [0.3, 0.4) is 0 Å². The Morgan fingerprint density at radius 2 is 1.74 bits per heavy atom. The second-order valence-electron chi connectivity index (χ2n) is 10.6. The average Bonchev–Trinajstić information content (AvgIpc) is 2.92. The van der Waals surface area contributed by atoms with Crippen LogP contribution in [0.1, 0.15) is 67.9 Å². The van der Waals surface area contributed by atoms with Gasteiger partial charge in [-0.3, -0.25) is 14.6 Å². The third-order valence-electron chi connectivity index (χ3n) is 7.90. The molecule has 5 N–H and O–H groups in total. The van der Waals surface area contributed by atoms with E-state index in [1.54, 1.807) is 6.07 Å². The predicted octanol–water partition coefficient (Wildman–Crippen LogP) is 3.54. The van der Waals surface area contributed by atoms with Crippen LogP contribution < -0.4 is 11.1 Å². The molecule has 1 saturated carbocycles. The molecule has 202 valence electrons. The van der Waals surface area contributed by atoms with Gasteiger partial charge in [0.05, 0.1) is 40.9 Å². The quantitative estimate of drug-likeness (QED) is 0.306. The SMILES string of the molecule is CCCC1CCC(O)([C@H](C[C@H](O)[C@H](Cc2ccccc2)NC(=O)c2cnc3ccccc3n2)C(N)=O)CC1. The van der Waals surface area contributed by atoms with E-state index in [0.29, 0.717) is 36.2 Å². The van der Waals surface area contributed by atoms with Crippen LogP contribution in [0.4, 0.5) is 0 Å². The number of aromatic nitrogens is 2. The molecule has 1 aliphatic carbocycles. The third-order valence-corrected chi connectivity index (χ3v) is 7.90. The molecule has 2 aromatic carbocycles. The largest absolute Gasteiger partial charge is 0.391 e. The minimum absolute atomic E-state index is 0.0501. The number of carbonyl (C=O) groups is 2. The lowest BCUT2D eigenvalue weighted by molar-refractivity contribution is -0.139. The maximum absolute atomic E-state index is 13.2. The molecule has 0 saturated heterocycles. The summed E-state index contributed by atoms with van der Waals surface area (Å²) in [5.41, 5.74) is 6.83. The van der Waals surface area contributed by atoms with Gasteiger partial charge in [0.15, 0.2) is 0 Å². The monoisotopic (exact) mass is 518 g/mol. The molecule has 0 spiro atoms. The van der Waals surface area contributed by atoms with Gasteiger partial charge in [0.25, 0.3) is 5.91 Å². The fourth-order valence-corrected chi connectivity index (χ4v) is 5.69. The molecule has 1 aromatic heterocycles. The molecule has 8 heteroatoms. The van der Waals surface area contributed by atoms with Crippen LogP contribution in [-0.4, -0.2) is 49.7 Å². The van der Waals surface area contributed by atoms with Crippen molar-refractivity contribution >= 4 is 22.8 Å². The highest BCUT2D eigenvalue weighted by atomic mass is 16.3. The number of rotatable bonds is 11. The molecular weight excluding hydrogens is 480 g/mol. The number of fused-ring (bicyclic) bond motifs is 1. The molecule has 0 unspecified atom stereocenters. The summed E-state index contributed by atoms with van der Waals surface area (Å²) in [5.74, 6) is -1.49. The highest BCUT2D eigenvalue weighted by Crippen LogP contribution is 2.40. The molecule has 38 heavy (non-hydrogen) atoms. The molecule has 1 heterocycles. The van der Waals surface area contributed by atoms with Gasteiger partial charge in [0, 0.05) is 0 Å². The van der Waals surface area contributed by atoms with Gasteiger partial charge in [-0.1, -0.05) is 62.2 Å². The fraction of sp³-hybridized carbons (Fsp3) is 0.467. The van der Waals surface area contributed by atoms with E-state index in [-0.39, 0.29) is 12.1 Å². The number of nitrogens with two attached hydrogens (primary N) is 1. The van der Waals surface area contributed by atoms with Gasteiger partial charge in [-0.05, 0) is 62.1 Å². The maximum atomic E-state index is 13.2. The second kappa shape index (κ2) is 12.5. The van der Waals surface area contributed by atoms with Gasteiger partial charge in [0.1, 0.15) is 5.69 Å². The first kappa shape index (κ1) is 27.7. The van der Waals surface area contributed by atoms with E-state index >= 15 is 0 Å². The van der Waals surface area contributed by atoms with Crippen LogP contribution in [0, 0.1) is 11.8 Å². The van der Waals surface area contributed by atoms with E-state index in [2.05, 4.69) is 22.2 Å². The third kappa shape index (κ3) is 6.74. The number of para-hydroxylation sites is 2. The Kier molecular flexibility index (Phi) is 9.07. The number of aliphatic hydroxyl groups is 2. The molecule has 8 nitrogen and oxygen atoms in total. The van der Waals surface area contributed by atoms with Gasteiger partial charge >= 0.3 is 0 Å². The number of amides is 2. The van der Waals surface area contributed by atoms with Gasteiger partial charge in [-0.2, -0.15) is 0 Å². The van der Waals surface area contributed by atoms with E-state index in [1.807, 2.05) is 48.5 Å². The summed E-state index contributed by atoms with van der Waals surface area (Å²) in [4.78, 5) is 34.5. The number of aliphatic hydroxyl groups excluding tert-OH is 1. The summed E-state index contributed by atoms with van der Waals surface area (Å²) < 4.78 is 0. The van der Waals surface area contributed by atoms with Crippen LogP contribution >= 0.6 is 0 Å². The van der Waals surface area contributed by atoms with E-state index in [9.17, 15) is 19.8 Å². The highest BCUT2D eigenvalue weighted by Gasteiger charge is 2.44. The molecule has 3 atom stereocenters. The van der Waals surface area contributed by atoms with Crippen molar-refractivity contribution in [2.24, 2.45) is 17.6 Å². The Hall–Kier alpha value is -3.36. The van der Waals surface area contributed by atoms with Crippen LogP contribution in [0.25, 0.3) is 11.0 Å². The minimum Gasteiger partial charge on any atom is -0.391 e. The Labute approximate surface area is 223 Å². The number of carbonyl (C=O) groups excluding carboxylic acids is 2. The number of nitrogens with zero attached hydrogens (tertiary/aromatic N) is 2. The Bertz CT molecular complexity index is 1230. The first-order valence-electron chi connectivity index (χ1n) is 13.6. The van der Waals surface area contributed by atoms with Crippen LogP contribution in [0.2, 0.25) is 0 Å². The van der Waals surface area contributed by atoms with Gasteiger partial charge in [-0.25, -0.2) is 4.98 Å². The summed E-state index contributed by atoms with van der Waals surface area (Å²) in [5, 5.41) is 25.7. The molecule has 2 amide bonds. The molecule has 1 aliphatic rings. The summed E-state index contributed by atoms with van der Waals surface area (Å²) in [6.45, 7) is 2.15. The summed E-state index contributed by atoms with van der Waals surface area (Å²) in [6, 6.07) is 16.0. The van der Waals surface area contributed by atoms with Crippen LogP contribution in [-0.2, 0) is 11.2 Å². The smallest absolute Gasteiger partial charge is 0.271 e. The topological polar surface area (TPSA) is 138 Å². The van der Waals surface area contributed by atoms with E-state index in [4.69, 9.17) is 5.73 Å². The maximum Gasteiger partial charge on any atom is 0.271 e. The lowest BCUT2D eigenvalue weighted by atomic mass is 9.69. The van der Waals surface area contributed by atoms with Crippen LogP contribution in [0.5, 0.6) is 0 Å². The van der Waals surface area contributed by atoms with Crippen LogP contribution in [0.15, 0.2) is 60.8 Å². The highest BCUT2D eigenvalue weighted by molar-refractivity contribution is 5.94. The lowest BCUT2D eigenvalue weighted by Crippen LogP contribution is -2.52. The summed E-state index contributed by atoms with van der Waals surface area (Å²) in [6.07, 6.45) is 5.36. The molecule has 0 bridgehead atoms. The normalized spacial score (nSPS) is 21.9. The molecule has 4 rings (SSSR count). The van der Waals surface area contributed by atoms with Crippen molar-refractivity contribution in [3.8, 4) is 0 Å². The van der Waals surface area contributed by atoms with Crippen molar-refractivity contribution in [1.82, 2.24) is 15.3 Å². The molecule has 0 radical (unpaired) electrons. The van der Waals surface area contributed by atoms with Gasteiger partial charge in [-0.15, -0.1) is 0 Å². The minimum atomic E-state index is -1.26. The molecule has 3 aromatic rings. The van der Waals surface area contributed by atoms with Gasteiger partial charge in [0.2, 0.25) is 5.91 Å². The Morgan fingerprint density at radius 3 is 2.39 bits per heavy atom. The zero-order valence-electron chi connectivity index (χ0n) is 21.9. The Morgan fingerprint density at radius 1 is 1.08 bits per heavy atom. The number of primary amides is 1. The van der Waals surface area contributed by atoms with Crippen molar-refractivity contribution in [2.75, 3.05) is 0 Å². The van der Waals surface area contributed by atoms with Crippen molar-refractivity contribution in [1.29, 1.82) is 0 Å². The number of benzene rings is 2. The van der Waals surface area contributed by atoms with Crippen molar-refractivity contribution < 1.29 is 19.8 Å². The van der Waals surface area contributed by atoms with Crippen molar-refractivity contribution in [2.45, 2.75) is 76.0 Å². The number of nitrogens with one attached hydrogen (secondary N) is 1. The van der Waals surface area contributed by atoms with E-state index < -0.39 is 35.5 Å². The number of hydrogen-bond acceptors (Lipinski definition) is 6. The molecule has 1 fully saturated rings. The molecular formula is C30H38N4O4. The molecule has 0 aliphatic heterocycles. The summed E-state index contributed by atoms with van der Waals surface area (Å²) >= 11 is 0. The van der Waals surface area contributed by atoms with E-state index in [0.717, 1.165) is 31.2 Å². The lowest BCUT2D eigenvalue weighted by Gasteiger charge is -2.41. The number of hydrogen-bond donors (Lipinski definition) is 4. The predicted molar refractivity (Wildman–Crippen MR) is 146 cm³/mol. The standard InChI is InChI=1S/C30H38N4O4/c1-2-8-20-13-15-30(38,16-14-20)22(28(31)36)18-27(35)25(17-21-9-4-3-5-10-21)34-29(37)26-19-32-23-11-6-7-12-24(23)33-26/h3-7,9-12,19-20,22,25,27,35,38H,2,8,13-18H2,1H3,(H2,31,36)(H,34,37)/t20?,22-,25+,27+,30?/m1/s1. The van der Waals surface area contributed by atoms with Crippen molar-refractivity contribution in [3.63, 3.8) is 0 Å². The first-order valence-corrected chi connectivity index (χ1v) is 13.6. The Balaban J connectivity index is 1.53. The summed E-state index contributed by atoms with van der Waals surface area (Å²) in [7, 11) is 0. The first-order chi connectivity index (χ1) is 18.3. The van der Waals surface area contributed by atoms with Crippen molar-refractivity contribution in [3.05, 3.63) is 72.1 Å². The fourth-order valence-electron chi connectivity index (χ4n) is 5.69.